The maximum Gasteiger partial charge on any atom is 0.309 e. The zero-order valence-corrected chi connectivity index (χ0v) is 43.4. The molecule has 0 amide bonds. The van der Waals surface area contributed by atoms with Gasteiger partial charge in [-0.3, -0.25) is 24.0 Å². The smallest absolute Gasteiger partial charge is 0.309 e. The molecule has 0 aromatic carbocycles. The Bertz CT molecular complexity index is 1690. The van der Waals surface area contributed by atoms with Gasteiger partial charge in [-0.25, -0.2) is 0 Å². The van der Waals surface area contributed by atoms with Gasteiger partial charge in [0.2, 0.25) is 0 Å². The number of carbonyl (C=O) groups is 6. The van der Waals surface area contributed by atoms with E-state index < -0.39 is 127 Å². The number of likely N-dealkylation sites (N-methyl/N-ethyl adjacent to an activating group) is 1. The number of hydrogen-bond acceptors (Lipinski definition) is 19. The Kier molecular flexibility index (Phi) is 24.6. The molecule has 388 valence electrons. The van der Waals surface area contributed by atoms with Gasteiger partial charge in [0.25, 0.3) is 0 Å². The molecule has 0 spiro atoms. The Balaban J connectivity index is 2.16. The first-order valence-corrected chi connectivity index (χ1v) is 25.1. The highest BCUT2D eigenvalue weighted by molar-refractivity contribution is 7.98. The molecule has 3 aliphatic heterocycles. The van der Waals surface area contributed by atoms with Crippen LogP contribution in [0.5, 0.6) is 0 Å². The number of allylic oxidation sites excluding steroid dienone is 2. The van der Waals surface area contributed by atoms with Crippen LogP contribution in [-0.4, -0.2) is 160 Å². The monoisotopic (exact) mass is 986 g/mol. The molecule has 18 nitrogen and oxygen atoms in total. The zero-order valence-electron chi connectivity index (χ0n) is 42.6. The Morgan fingerprint density at radius 2 is 1.60 bits per heavy atom. The van der Waals surface area contributed by atoms with Crippen LogP contribution in [0.25, 0.3) is 0 Å². The summed E-state index contributed by atoms with van der Waals surface area (Å²) in [5.41, 5.74) is -1.02. The van der Waals surface area contributed by atoms with Crippen molar-refractivity contribution in [2.24, 2.45) is 17.8 Å². The number of carbonyl (C=O) groups excluding carboxylic acids is 6. The van der Waals surface area contributed by atoms with Gasteiger partial charge in [0.15, 0.2) is 24.8 Å². The molecule has 0 aromatic heterocycles. The van der Waals surface area contributed by atoms with E-state index in [4.69, 9.17) is 52.1 Å². The number of cyclic esters (lactones) is 1. The highest BCUT2D eigenvalue weighted by Gasteiger charge is 2.55. The number of esters is 5. The molecule has 0 bridgehead atoms. The molecule has 2 fully saturated rings. The molecule has 68 heavy (non-hydrogen) atoms. The van der Waals surface area contributed by atoms with Crippen molar-refractivity contribution in [2.75, 3.05) is 33.4 Å². The summed E-state index contributed by atoms with van der Waals surface area (Å²) in [6.07, 6.45) is -1.27. The fourth-order valence-corrected chi connectivity index (χ4v) is 9.45. The van der Waals surface area contributed by atoms with Crippen LogP contribution in [-0.2, 0) is 80.9 Å². The molecule has 16 atom stereocenters. The van der Waals surface area contributed by atoms with Gasteiger partial charge in [-0.15, -0.1) is 11.8 Å². The first kappa shape index (κ1) is 58.9. The number of nitrogens with zero attached hydrogens (tertiary/aromatic N) is 1. The van der Waals surface area contributed by atoms with Gasteiger partial charge in [-0.05, 0) is 78.3 Å². The average molecular weight is 986 g/mol. The number of ether oxygens (including phenoxy) is 11. The minimum Gasteiger partial charge on any atom is -0.462 e. The molecule has 0 aromatic rings. The van der Waals surface area contributed by atoms with Gasteiger partial charge in [0.1, 0.15) is 42.4 Å². The van der Waals surface area contributed by atoms with Crippen molar-refractivity contribution < 1.29 is 80.9 Å². The first-order chi connectivity index (χ1) is 32.1. The number of thioether (sulfide) groups is 1. The van der Waals surface area contributed by atoms with E-state index in [-0.39, 0.29) is 44.0 Å². The summed E-state index contributed by atoms with van der Waals surface area (Å²) in [6, 6.07) is -0.765. The quantitative estimate of drug-likeness (QED) is 0.0679. The summed E-state index contributed by atoms with van der Waals surface area (Å²) < 4.78 is 68.9. The zero-order chi connectivity index (χ0) is 50.9. The molecule has 3 rings (SSSR count). The number of rotatable bonds is 18. The number of aldehydes is 1. The normalized spacial score (nSPS) is 36.2. The lowest BCUT2D eigenvalue weighted by Gasteiger charge is -2.51. The predicted molar refractivity (Wildman–Crippen MR) is 251 cm³/mol. The Morgan fingerprint density at radius 3 is 2.19 bits per heavy atom. The third-order valence-corrected chi connectivity index (χ3v) is 12.6. The van der Waals surface area contributed by atoms with Crippen LogP contribution in [0.2, 0.25) is 0 Å². The van der Waals surface area contributed by atoms with Gasteiger partial charge in [-0.2, -0.15) is 0 Å². The van der Waals surface area contributed by atoms with Crippen LogP contribution in [0.1, 0.15) is 114 Å². The van der Waals surface area contributed by atoms with Crippen molar-refractivity contribution in [3.63, 3.8) is 0 Å². The molecule has 0 radical (unpaired) electrons. The van der Waals surface area contributed by atoms with E-state index in [2.05, 4.69) is 0 Å². The largest absolute Gasteiger partial charge is 0.462 e. The van der Waals surface area contributed by atoms with Crippen LogP contribution in [0.15, 0.2) is 24.3 Å². The Morgan fingerprint density at radius 1 is 0.912 bits per heavy atom. The summed E-state index contributed by atoms with van der Waals surface area (Å²) in [4.78, 5) is 79.5. The van der Waals surface area contributed by atoms with Gasteiger partial charge in [0, 0.05) is 53.1 Å². The predicted octanol–water partition coefficient (Wildman–Crippen LogP) is 5.89. The molecular formula is C49H79NO17S. The maximum absolute atomic E-state index is 13.5. The van der Waals surface area contributed by atoms with Crippen LogP contribution >= 0.6 is 11.8 Å². The van der Waals surface area contributed by atoms with Gasteiger partial charge >= 0.3 is 29.8 Å². The van der Waals surface area contributed by atoms with Crippen LogP contribution in [0, 0.1) is 17.8 Å². The second-order valence-corrected chi connectivity index (χ2v) is 19.7. The van der Waals surface area contributed by atoms with Gasteiger partial charge < -0.3 is 61.8 Å². The third-order valence-electron chi connectivity index (χ3n) is 12.2. The van der Waals surface area contributed by atoms with E-state index in [0.29, 0.717) is 12.4 Å². The van der Waals surface area contributed by atoms with E-state index in [1.54, 1.807) is 60.0 Å². The van der Waals surface area contributed by atoms with E-state index >= 15 is 0 Å². The molecule has 3 aliphatic rings. The summed E-state index contributed by atoms with van der Waals surface area (Å²) in [7, 11) is 4.94. The minimum absolute atomic E-state index is 0.0851. The fourth-order valence-electron chi connectivity index (χ4n) is 9.07. The molecule has 0 saturated carbocycles. The topological polar surface area (TPSA) is 207 Å². The molecule has 3 heterocycles. The maximum atomic E-state index is 13.5. The van der Waals surface area contributed by atoms with Crippen molar-refractivity contribution in [1.82, 2.24) is 4.90 Å². The lowest BCUT2D eigenvalue weighted by atomic mass is 9.82. The summed E-state index contributed by atoms with van der Waals surface area (Å²) in [5.74, 6) is -3.61. The SMILES string of the molecule is CCC(=O)O[C@H]1/C=C/C=C/C[C@@H](C)OC(=O)C[C@@H](OC(C)=O)[C@H](OC)[C@@H](O[C@@H]2O[C@H](C)[C@@H](O[C@H]3C[C@@](C)(OCSC)[C@@H](OC(=O)CC(C)C)[C@H](C)O3)[C@H](N(C)C)[C@H]2OC(C)=O)[C@@H](CC=O)C[C@H]1C. The highest BCUT2D eigenvalue weighted by atomic mass is 32.2. The Labute approximate surface area is 407 Å². The third kappa shape index (κ3) is 17.8. The molecule has 2 saturated heterocycles. The van der Waals surface area contributed by atoms with Crippen molar-refractivity contribution >= 4 is 47.9 Å². The van der Waals surface area contributed by atoms with Crippen LogP contribution < -0.4 is 0 Å². The van der Waals surface area contributed by atoms with Gasteiger partial charge in [0.05, 0.1) is 36.7 Å². The lowest BCUT2D eigenvalue weighted by Crippen LogP contribution is -2.66. The standard InChI is InChI=1S/C49H79NO17S/c1-15-38(54)64-36-20-18-16-17-19-30(5)59-40(56)25-37(62-33(8)52)45(57-13)44(35(21-22-51)24-29(36)4)67-48-46(63-34(9)53)42(50(11)12)43(31(6)61-48)66-41-26-49(10,58-27-68-14)47(32(7)60-41)65-39(55)23-28(2)3/h16-18,20,22,28-32,35-37,41-48H,15,19,21,23-27H2,1-14H3/b17-16+,20-18+/t29-,30-,31-,32+,35+,36+,37-,41+,42+,43-,44+,45+,46-,47+,48+,49-/m1/s1. The molecular weight excluding hydrogens is 907 g/mol. The molecule has 19 heteroatoms. The van der Waals surface area contributed by atoms with E-state index in [1.807, 2.05) is 44.9 Å². The average Bonchev–Trinajstić information content (AvgIpc) is 3.23. The molecule has 0 N–H and O–H groups in total. The summed E-state index contributed by atoms with van der Waals surface area (Å²) in [5, 5.41) is 0. The van der Waals surface area contributed by atoms with Crippen LogP contribution in [0.4, 0.5) is 0 Å². The first-order valence-electron chi connectivity index (χ1n) is 23.7. The highest BCUT2D eigenvalue weighted by Crippen LogP contribution is 2.40. The van der Waals surface area contributed by atoms with Crippen LogP contribution in [0.3, 0.4) is 0 Å². The summed E-state index contributed by atoms with van der Waals surface area (Å²) >= 11 is 1.48. The molecule has 0 unspecified atom stereocenters. The minimum atomic E-state index is -1.37. The van der Waals surface area contributed by atoms with E-state index in [1.165, 1.54) is 32.7 Å². The van der Waals surface area contributed by atoms with Crippen molar-refractivity contribution in [1.29, 1.82) is 0 Å². The van der Waals surface area contributed by atoms with E-state index in [9.17, 15) is 28.8 Å². The second kappa shape index (κ2) is 28.4. The Hall–Kier alpha value is -3.43. The fraction of sp³-hybridized carbons (Fsp3) is 0.796. The number of methoxy groups -OCH3 is 1. The van der Waals surface area contributed by atoms with Crippen molar-refractivity contribution in [2.45, 2.75) is 199 Å². The lowest BCUT2D eigenvalue weighted by molar-refractivity contribution is -0.346. The van der Waals surface area contributed by atoms with Crippen molar-refractivity contribution in [3.8, 4) is 0 Å². The molecule has 0 aliphatic carbocycles. The summed E-state index contributed by atoms with van der Waals surface area (Å²) in [6.45, 7) is 17.0. The number of hydrogen-bond donors (Lipinski definition) is 0. The van der Waals surface area contributed by atoms with E-state index in [0.717, 1.165) is 6.29 Å². The van der Waals surface area contributed by atoms with Gasteiger partial charge in [-0.1, -0.05) is 45.9 Å². The second-order valence-electron chi connectivity index (χ2n) is 18.9. The van der Waals surface area contributed by atoms with Crippen molar-refractivity contribution in [3.05, 3.63) is 24.3 Å².